The number of hydrogen-bond acceptors (Lipinski definition) is 7. The summed E-state index contributed by atoms with van der Waals surface area (Å²) in [5.74, 6) is 1.97. The monoisotopic (exact) mass is 837 g/mol. The van der Waals surface area contributed by atoms with Crippen LogP contribution in [-0.2, 0) is 14.3 Å². The van der Waals surface area contributed by atoms with Crippen LogP contribution in [0.15, 0.2) is 48.5 Å². The van der Waals surface area contributed by atoms with Crippen molar-refractivity contribution in [3.05, 3.63) is 48.5 Å². The highest BCUT2D eigenvalue weighted by atomic mass is 16.6. The van der Waals surface area contributed by atoms with E-state index in [2.05, 4.69) is 24.5 Å². The predicted octanol–water partition coefficient (Wildman–Crippen LogP) is 12.5. The van der Waals surface area contributed by atoms with Gasteiger partial charge in [0.25, 0.3) is 11.8 Å². The van der Waals surface area contributed by atoms with Crippen LogP contribution in [0.3, 0.4) is 0 Å². The van der Waals surface area contributed by atoms with Crippen LogP contribution in [0, 0.1) is 0 Å². The fourth-order valence-corrected chi connectivity index (χ4v) is 7.73. The number of hydrogen-bond donors (Lipinski definition) is 2. The van der Waals surface area contributed by atoms with Crippen molar-refractivity contribution in [3.63, 3.8) is 0 Å². The number of amides is 2. The van der Waals surface area contributed by atoms with E-state index >= 15 is 0 Å². The SMILES string of the molecule is CCCCCCCCCCCCCCC1Oc2ccccc2OCCOCCOc2ccccc2OC(CCCCCCCCCCCCCC)C(=O)NCCCNC1=O. The second-order valence-electron chi connectivity index (χ2n) is 16.7. The number of nitrogens with one attached hydrogen (secondary N) is 2. The van der Waals surface area contributed by atoms with E-state index in [1.54, 1.807) is 0 Å². The molecule has 2 aromatic rings. The zero-order chi connectivity index (χ0) is 42.6. The molecule has 0 aliphatic carbocycles. The minimum atomic E-state index is -0.646. The van der Waals surface area contributed by atoms with Crippen molar-refractivity contribution in [2.24, 2.45) is 0 Å². The summed E-state index contributed by atoms with van der Waals surface area (Å²) in [6.07, 6.45) is 30.7. The molecule has 1 aliphatic heterocycles. The number of fused-ring (bicyclic) bond motifs is 2. The van der Waals surface area contributed by atoms with Crippen LogP contribution in [0.4, 0.5) is 0 Å². The zero-order valence-corrected chi connectivity index (χ0v) is 38.0. The number of carbonyl (C=O) groups excluding carboxylic acids is 2. The third-order valence-electron chi connectivity index (χ3n) is 11.4. The van der Waals surface area contributed by atoms with E-state index in [9.17, 15) is 9.59 Å². The quantitative estimate of drug-likeness (QED) is 0.0909. The summed E-state index contributed by atoms with van der Waals surface area (Å²) in [5.41, 5.74) is 0. The average molecular weight is 837 g/mol. The van der Waals surface area contributed by atoms with Gasteiger partial charge in [-0.25, -0.2) is 0 Å². The highest BCUT2D eigenvalue weighted by molar-refractivity contribution is 5.82. The topological polar surface area (TPSA) is 104 Å². The highest BCUT2D eigenvalue weighted by Gasteiger charge is 2.23. The molecule has 0 saturated carbocycles. The molecule has 2 N–H and O–H groups in total. The van der Waals surface area contributed by atoms with Crippen LogP contribution in [0.1, 0.15) is 187 Å². The van der Waals surface area contributed by atoms with Gasteiger partial charge in [-0.2, -0.15) is 0 Å². The van der Waals surface area contributed by atoms with E-state index in [0.29, 0.717) is 81.8 Å². The molecule has 0 radical (unpaired) electrons. The van der Waals surface area contributed by atoms with E-state index in [4.69, 9.17) is 23.7 Å². The van der Waals surface area contributed by atoms with Crippen LogP contribution in [0.25, 0.3) is 0 Å². The molecular weight excluding hydrogens is 753 g/mol. The maximum atomic E-state index is 13.6. The molecule has 2 amide bonds. The Kier molecular flexibility index (Phi) is 29.8. The minimum Gasteiger partial charge on any atom is -0.487 e. The summed E-state index contributed by atoms with van der Waals surface area (Å²) in [4.78, 5) is 27.2. The molecule has 0 bridgehead atoms. The smallest absolute Gasteiger partial charge is 0.261 e. The van der Waals surface area contributed by atoms with Gasteiger partial charge >= 0.3 is 0 Å². The Bertz CT molecular complexity index is 1260. The van der Waals surface area contributed by atoms with Crippen LogP contribution >= 0.6 is 0 Å². The summed E-state index contributed by atoms with van der Waals surface area (Å²) in [6, 6.07) is 15.0. The largest absolute Gasteiger partial charge is 0.487 e. The van der Waals surface area contributed by atoms with Crippen LogP contribution < -0.4 is 29.6 Å². The second-order valence-corrected chi connectivity index (χ2v) is 16.7. The van der Waals surface area contributed by atoms with Gasteiger partial charge in [0.2, 0.25) is 0 Å². The molecule has 1 heterocycles. The summed E-state index contributed by atoms with van der Waals surface area (Å²) in [6.45, 7) is 6.75. The summed E-state index contributed by atoms with van der Waals surface area (Å²) in [5, 5.41) is 6.17. The van der Waals surface area contributed by atoms with Crippen LogP contribution in [0.2, 0.25) is 0 Å². The number of para-hydroxylation sites is 4. The fraction of sp³-hybridized carbons (Fsp3) is 0.725. The van der Waals surface area contributed by atoms with Crippen molar-refractivity contribution < 1.29 is 33.3 Å². The van der Waals surface area contributed by atoms with E-state index in [-0.39, 0.29) is 11.8 Å². The predicted molar refractivity (Wildman–Crippen MR) is 246 cm³/mol. The lowest BCUT2D eigenvalue weighted by atomic mass is 10.0. The lowest BCUT2D eigenvalue weighted by Crippen LogP contribution is -2.41. The van der Waals surface area contributed by atoms with Gasteiger partial charge in [-0.15, -0.1) is 0 Å². The number of rotatable bonds is 26. The third-order valence-corrected chi connectivity index (χ3v) is 11.4. The van der Waals surface area contributed by atoms with E-state index < -0.39 is 12.2 Å². The van der Waals surface area contributed by atoms with Gasteiger partial charge in [-0.3, -0.25) is 9.59 Å². The molecular formula is C51H84N2O7. The first-order valence-corrected chi connectivity index (χ1v) is 24.5. The molecule has 9 nitrogen and oxygen atoms in total. The van der Waals surface area contributed by atoms with E-state index in [1.807, 2.05) is 48.5 Å². The maximum Gasteiger partial charge on any atom is 0.261 e. The Hall–Kier alpha value is -3.46. The first-order chi connectivity index (χ1) is 29.6. The summed E-state index contributed by atoms with van der Waals surface area (Å²) in [7, 11) is 0. The molecule has 340 valence electrons. The minimum absolute atomic E-state index is 0.144. The number of carbonyl (C=O) groups is 2. The van der Waals surface area contributed by atoms with Crippen LogP contribution in [-0.4, -0.2) is 63.5 Å². The first kappa shape index (κ1) is 50.9. The van der Waals surface area contributed by atoms with E-state index in [0.717, 1.165) is 25.7 Å². The van der Waals surface area contributed by atoms with Gasteiger partial charge in [0, 0.05) is 13.1 Å². The lowest BCUT2D eigenvalue weighted by molar-refractivity contribution is -0.128. The van der Waals surface area contributed by atoms with Gasteiger partial charge in [0.15, 0.2) is 35.2 Å². The molecule has 0 saturated heterocycles. The summed E-state index contributed by atoms with van der Waals surface area (Å²) >= 11 is 0. The molecule has 9 heteroatoms. The Labute approximate surface area is 365 Å². The summed E-state index contributed by atoms with van der Waals surface area (Å²) < 4.78 is 30.8. The molecule has 0 fully saturated rings. The zero-order valence-electron chi connectivity index (χ0n) is 38.0. The van der Waals surface area contributed by atoms with Crippen molar-refractivity contribution in [2.45, 2.75) is 199 Å². The van der Waals surface area contributed by atoms with Crippen molar-refractivity contribution in [1.29, 1.82) is 0 Å². The molecule has 2 unspecified atom stereocenters. The third kappa shape index (κ3) is 24.1. The second kappa shape index (κ2) is 35.2. The number of benzene rings is 2. The van der Waals surface area contributed by atoms with Gasteiger partial charge in [0.1, 0.15) is 13.2 Å². The Morgan fingerprint density at radius 3 is 1.10 bits per heavy atom. The van der Waals surface area contributed by atoms with Gasteiger partial charge in [-0.1, -0.05) is 179 Å². The normalized spacial score (nSPS) is 17.2. The standard InChI is InChI=1S/C51H84N2O7/c1-3-5-7-9-11-13-15-17-19-21-23-25-36-48-50(54)52-38-31-39-53-51(55)49(37-26-24-22-20-18-16-14-12-10-8-6-4-2)60-47-35-30-28-33-45(47)58-43-41-56-40-42-57-44-32-27-29-34-46(44)59-48/h27-30,32-35,48-49H,3-26,31,36-43H2,1-2H3,(H,52,54)(H,53,55). The van der Waals surface area contributed by atoms with Crippen molar-refractivity contribution in [3.8, 4) is 23.0 Å². The number of ether oxygens (including phenoxy) is 5. The lowest BCUT2D eigenvalue weighted by Gasteiger charge is -2.22. The van der Waals surface area contributed by atoms with Crippen molar-refractivity contribution in [1.82, 2.24) is 10.6 Å². The Balaban J connectivity index is 1.53. The molecule has 0 aromatic heterocycles. The van der Waals surface area contributed by atoms with Gasteiger partial charge < -0.3 is 34.3 Å². The average Bonchev–Trinajstić information content (AvgIpc) is 3.26. The molecule has 0 spiro atoms. The Morgan fingerprint density at radius 1 is 0.433 bits per heavy atom. The Morgan fingerprint density at radius 2 is 0.750 bits per heavy atom. The first-order valence-electron chi connectivity index (χ1n) is 24.5. The van der Waals surface area contributed by atoms with Gasteiger partial charge in [0.05, 0.1) is 13.2 Å². The van der Waals surface area contributed by atoms with Crippen molar-refractivity contribution in [2.75, 3.05) is 39.5 Å². The van der Waals surface area contributed by atoms with Gasteiger partial charge in [-0.05, 0) is 56.4 Å². The molecule has 3 rings (SSSR count). The molecule has 1 aliphatic rings. The van der Waals surface area contributed by atoms with Crippen molar-refractivity contribution >= 4 is 11.8 Å². The fourth-order valence-electron chi connectivity index (χ4n) is 7.73. The highest BCUT2D eigenvalue weighted by Crippen LogP contribution is 2.30. The number of unbranched alkanes of at least 4 members (excludes halogenated alkanes) is 22. The van der Waals surface area contributed by atoms with Crippen LogP contribution in [0.5, 0.6) is 23.0 Å². The molecule has 2 aromatic carbocycles. The van der Waals surface area contributed by atoms with E-state index in [1.165, 1.54) is 128 Å². The molecule has 60 heavy (non-hydrogen) atoms. The maximum absolute atomic E-state index is 13.6. The molecule has 2 atom stereocenters.